The molecule has 1 aliphatic rings. The predicted octanol–water partition coefficient (Wildman–Crippen LogP) is 5.63. The summed E-state index contributed by atoms with van der Waals surface area (Å²) in [6.07, 6.45) is 2.56. The zero-order valence-electron chi connectivity index (χ0n) is 19.5. The number of aliphatic hydroxyl groups excluding tert-OH is 1. The number of rotatable bonds is 9. The molecule has 1 saturated heterocycles. The van der Waals surface area contributed by atoms with Crippen molar-refractivity contribution in [2.75, 3.05) is 27.9 Å². The van der Waals surface area contributed by atoms with Crippen molar-refractivity contribution in [3.63, 3.8) is 0 Å². The van der Waals surface area contributed by atoms with Gasteiger partial charge in [-0.3, -0.25) is 9.59 Å². The van der Waals surface area contributed by atoms with Gasteiger partial charge in [-0.15, -0.1) is 0 Å². The van der Waals surface area contributed by atoms with E-state index in [4.69, 9.17) is 37.4 Å². The molecule has 1 aliphatic heterocycles. The van der Waals surface area contributed by atoms with Crippen molar-refractivity contribution in [3.05, 3.63) is 57.1 Å². The van der Waals surface area contributed by atoms with Crippen LogP contribution in [0.15, 0.2) is 35.9 Å². The summed E-state index contributed by atoms with van der Waals surface area (Å²) in [5.74, 6) is -1.12. The third-order valence-electron chi connectivity index (χ3n) is 5.75. The van der Waals surface area contributed by atoms with Crippen LogP contribution >= 0.6 is 23.2 Å². The molecule has 0 aromatic heterocycles. The Bertz CT molecular complexity index is 1130. The number of carbonyl (C=O) groups excluding carboxylic acids is 2. The number of aliphatic hydroxyl groups is 1. The van der Waals surface area contributed by atoms with Crippen molar-refractivity contribution in [1.82, 2.24) is 4.90 Å². The van der Waals surface area contributed by atoms with Gasteiger partial charge in [-0.1, -0.05) is 55.1 Å². The van der Waals surface area contributed by atoms with Crippen molar-refractivity contribution in [1.29, 1.82) is 0 Å². The predicted molar refractivity (Wildman–Crippen MR) is 131 cm³/mol. The number of likely N-dealkylation sites (tertiary alicyclic amines) is 1. The summed E-state index contributed by atoms with van der Waals surface area (Å²) < 4.78 is 16.0. The highest BCUT2D eigenvalue weighted by molar-refractivity contribution is 6.47. The van der Waals surface area contributed by atoms with Crippen LogP contribution in [0.3, 0.4) is 0 Å². The van der Waals surface area contributed by atoms with E-state index < -0.39 is 23.5 Å². The van der Waals surface area contributed by atoms with E-state index in [2.05, 4.69) is 6.92 Å². The second kappa shape index (κ2) is 11.0. The molecule has 1 fully saturated rings. The summed E-state index contributed by atoms with van der Waals surface area (Å²) in [5, 5.41) is 11.5. The van der Waals surface area contributed by atoms with Crippen LogP contribution in [-0.4, -0.2) is 49.6 Å². The summed E-state index contributed by atoms with van der Waals surface area (Å²) >= 11 is 12.7. The largest absolute Gasteiger partial charge is 0.507 e. The van der Waals surface area contributed by atoms with Crippen LogP contribution in [0, 0.1) is 0 Å². The first-order valence-electron chi connectivity index (χ1n) is 10.8. The summed E-state index contributed by atoms with van der Waals surface area (Å²) in [5.41, 5.74) is 0.629. The van der Waals surface area contributed by atoms with Crippen LogP contribution in [-0.2, 0) is 9.59 Å². The molecular formula is C25H27Cl2NO6. The maximum absolute atomic E-state index is 13.2. The fraction of sp³-hybridized carbons (Fsp3) is 0.360. The minimum absolute atomic E-state index is 0.0363. The highest BCUT2D eigenvalue weighted by Crippen LogP contribution is 2.47. The molecule has 1 heterocycles. The van der Waals surface area contributed by atoms with Crippen molar-refractivity contribution < 1.29 is 28.9 Å². The Balaban J connectivity index is 2.26. The minimum Gasteiger partial charge on any atom is -0.507 e. The monoisotopic (exact) mass is 507 g/mol. The normalized spacial score (nSPS) is 17.2. The number of hydrogen-bond acceptors (Lipinski definition) is 6. The fourth-order valence-electron chi connectivity index (χ4n) is 4.09. The number of methoxy groups -OCH3 is 3. The van der Waals surface area contributed by atoms with Crippen LogP contribution in [0.5, 0.6) is 17.2 Å². The van der Waals surface area contributed by atoms with Gasteiger partial charge in [-0.2, -0.15) is 0 Å². The van der Waals surface area contributed by atoms with Crippen molar-refractivity contribution >= 4 is 40.7 Å². The molecule has 0 spiro atoms. The molecule has 1 amide bonds. The lowest BCUT2D eigenvalue weighted by molar-refractivity contribution is -0.139. The molecule has 2 aromatic rings. The Kier molecular flexibility index (Phi) is 8.33. The number of ketones is 1. The fourth-order valence-corrected chi connectivity index (χ4v) is 4.78. The van der Waals surface area contributed by atoms with Gasteiger partial charge in [-0.25, -0.2) is 0 Å². The van der Waals surface area contributed by atoms with E-state index >= 15 is 0 Å². The number of carbonyl (C=O) groups is 2. The first kappa shape index (κ1) is 25.7. The number of benzene rings is 2. The van der Waals surface area contributed by atoms with Crippen molar-refractivity contribution in [3.8, 4) is 17.2 Å². The molecule has 3 rings (SSSR count). The molecule has 7 nitrogen and oxygen atoms in total. The third-order valence-corrected chi connectivity index (χ3v) is 6.37. The Morgan fingerprint density at radius 3 is 2.35 bits per heavy atom. The Morgan fingerprint density at radius 2 is 1.74 bits per heavy atom. The Labute approximate surface area is 208 Å². The van der Waals surface area contributed by atoms with Crippen LogP contribution in [0.4, 0.5) is 0 Å². The van der Waals surface area contributed by atoms with E-state index in [0.29, 0.717) is 24.3 Å². The molecule has 9 heteroatoms. The molecule has 1 unspecified atom stereocenters. The molecule has 34 heavy (non-hydrogen) atoms. The van der Waals surface area contributed by atoms with Gasteiger partial charge in [0.05, 0.1) is 43.5 Å². The smallest absolute Gasteiger partial charge is 0.295 e. The van der Waals surface area contributed by atoms with Crippen molar-refractivity contribution in [2.45, 2.75) is 32.2 Å². The first-order valence-corrected chi connectivity index (χ1v) is 11.6. The maximum atomic E-state index is 13.2. The van der Waals surface area contributed by atoms with Gasteiger partial charge in [-0.05, 0) is 30.2 Å². The Hall–Kier alpha value is -2.90. The molecule has 0 saturated carbocycles. The summed E-state index contributed by atoms with van der Waals surface area (Å²) in [7, 11) is 4.30. The molecule has 0 radical (unpaired) electrons. The SMILES string of the molecule is CCCCCN1C(=O)C(=O)/C(=C(/O)c2cc(Cl)c(OC)c(Cl)c2OC)C1c1cccc(OC)c1. The van der Waals surface area contributed by atoms with Gasteiger partial charge in [0, 0.05) is 6.54 Å². The number of halogens is 2. The molecule has 1 N–H and O–H groups in total. The van der Waals surface area contributed by atoms with Gasteiger partial charge in [0.25, 0.3) is 11.7 Å². The Morgan fingerprint density at radius 1 is 1.03 bits per heavy atom. The van der Waals surface area contributed by atoms with Crippen LogP contribution in [0.2, 0.25) is 10.0 Å². The van der Waals surface area contributed by atoms with Gasteiger partial charge < -0.3 is 24.2 Å². The first-order chi connectivity index (χ1) is 16.3. The van der Waals surface area contributed by atoms with Gasteiger partial charge in [0.1, 0.15) is 16.5 Å². The zero-order valence-corrected chi connectivity index (χ0v) is 21.0. The number of amides is 1. The van der Waals surface area contributed by atoms with Crippen LogP contribution < -0.4 is 14.2 Å². The molecule has 1 atom stereocenters. The van der Waals surface area contributed by atoms with E-state index in [1.807, 2.05) is 0 Å². The lowest BCUT2D eigenvalue weighted by Crippen LogP contribution is -2.30. The van der Waals surface area contributed by atoms with E-state index in [0.717, 1.165) is 12.8 Å². The number of Topliss-reactive ketones (excluding diaryl/α,β-unsaturated/α-hetero) is 1. The average molecular weight is 508 g/mol. The quantitative estimate of drug-likeness (QED) is 0.205. The molecule has 0 aliphatic carbocycles. The lowest BCUT2D eigenvalue weighted by Gasteiger charge is -2.26. The summed E-state index contributed by atoms with van der Waals surface area (Å²) in [4.78, 5) is 27.8. The van der Waals surface area contributed by atoms with Gasteiger partial charge in [0.15, 0.2) is 11.5 Å². The average Bonchev–Trinajstić information content (AvgIpc) is 3.08. The van der Waals surface area contributed by atoms with Gasteiger partial charge in [0.2, 0.25) is 0 Å². The molecule has 182 valence electrons. The molecule has 2 aromatic carbocycles. The third kappa shape index (κ3) is 4.68. The minimum atomic E-state index is -0.823. The summed E-state index contributed by atoms with van der Waals surface area (Å²) in [6, 6.07) is 7.62. The van der Waals surface area contributed by atoms with E-state index in [1.54, 1.807) is 24.3 Å². The number of unbranched alkanes of at least 4 members (excludes halogenated alkanes) is 2. The standard InChI is InChI=1S/C25H27Cl2NO6/c1-5-6-7-11-28-20(14-9-8-10-15(12-14)32-2)18(22(30)25(28)31)21(29)16-13-17(26)24(34-4)19(27)23(16)33-3/h8-10,12-13,20,29H,5-7,11H2,1-4H3/b21-18+. The number of hydrogen-bond donors (Lipinski definition) is 1. The zero-order chi connectivity index (χ0) is 25.0. The maximum Gasteiger partial charge on any atom is 0.295 e. The number of nitrogens with zero attached hydrogens (tertiary/aromatic N) is 1. The molecule has 0 bridgehead atoms. The molecular weight excluding hydrogens is 481 g/mol. The second-order valence-electron chi connectivity index (χ2n) is 7.76. The lowest BCUT2D eigenvalue weighted by atomic mass is 9.94. The number of ether oxygens (including phenoxy) is 3. The van der Waals surface area contributed by atoms with Crippen LogP contribution in [0.1, 0.15) is 43.4 Å². The van der Waals surface area contributed by atoms with E-state index in [-0.39, 0.29) is 32.7 Å². The topological polar surface area (TPSA) is 85.3 Å². The highest BCUT2D eigenvalue weighted by Gasteiger charge is 2.46. The van der Waals surface area contributed by atoms with Crippen molar-refractivity contribution in [2.24, 2.45) is 0 Å². The van der Waals surface area contributed by atoms with E-state index in [9.17, 15) is 14.7 Å². The van der Waals surface area contributed by atoms with Crippen LogP contribution in [0.25, 0.3) is 5.76 Å². The highest BCUT2D eigenvalue weighted by atomic mass is 35.5. The van der Waals surface area contributed by atoms with Gasteiger partial charge >= 0.3 is 0 Å². The second-order valence-corrected chi connectivity index (χ2v) is 8.55. The summed E-state index contributed by atoms with van der Waals surface area (Å²) in [6.45, 7) is 2.41. The van der Waals surface area contributed by atoms with E-state index in [1.165, 1.54) is 32.3 Å².